The van der Waals surface area contributed by atoms with Crippen LogP contribution in [0.3, 0.4) is 0 Å². The Balaban J connectivity index is 1.88. The van der Waals surface area contributed by atoms with Gasteiger partial charge in [0.15, 0.2) is 0 Å². The summed E-state index contributed by atoms with van der Waals surface area (Å²) in [6.07, 6.45) is 4.54. The van der Waals surface area contributed by atoms with Gasteiger partial charge in [0.1, 0.15) is 18.0 Å². The molecule has 9 heteroatoms. The zero-order chi connectivity index (χ0) is 26.1. The molecule has 0 saturated heterocycles. The predicted octanol–water partition coefficient (Wildman–Crippen LogP) is 3.04. The van der Waals surface area contributed by atoms with Crippen LogP contribution in [0.5, 0.6) is 5.75 Å². The first-order valence-electron chi connectivity index (χ1n) is 12.9. The van der Waals surface area contributed by atoms with E-state index in [4.69, 9.17) is 14.6 Å². The second kappa shape index (κ2) is 14.3. The van der Waals surface area contributed by atoms with Crippen LogP contribution < -0.4 is 10.1 Å². The topological polar surface area (TPSA) is 108 Å². The summed E-state index contributed by atoms with van der Waals surface area (Å²) in [5, 5.41) is 23.4. The largest absolute Gasteiger partial charge is 0.482 e. The predicted molar refractivity (Wildman–Crippen MR) is 146 cm³/mol. The lowest BCUT2D eigenvalue weighted by atomic mass is 9.87. The van der Waals surface area contributed by atoms with Gasteiger partial charge in [0.05, 0.1) is 22.3 Å². The molecule has 2 aliphatic rings. The van der Waals surface area contributed by atoms with E-state index in [0.29, 0.717) is 30.9 Å². The van der Waals surface area contributed by atoms with Gasteiger partial charge in [-0.15, -0.1) is 0 Å². The highest BCUT2D eigenvalue weighted by Crippen LogP contribution is 2.33. The number of rotatable bonds is 12. The minimum atomic E-state index is -1.01. The molecule has 0 heterocycles. The van der Waals surface area contributed by atoms with Gasteiger partial charge in [-0.3, -0.25) is 9.59 Å². The molecule has 0 spiro atoms. The fraction of sp³-hybridized carbons (Fsp3) is 0.630. The van der Waals surface area contributed by atoms with Gasteiger partial charge in [-0.05, 0) is 73.9 Å². The van der Waals surface area contributed by atoms with E-state index >= 15 is 0 Å². The number of nitrogens with zero attached hydrogens (tertiary/aromatic N) is 1. The van der Waals surface area contributed by atoms with Crippen LogP contribution in [-0.2, 0) is 14.3 Å². The molecule has 200 valence electrons. The zero-order valence-electron chi connectivity index (χ0n) is 21.2. The van der Waals surface area contributed by atoms with E-state index in [1.54, 1.807) is 11.0 Å². The van der Waals surface area contributed by atoms with Gasteiger partial charge in [0.2, 0.25) is 11.8 Å². The van der Waals surface area contributed by atoms with E-state index in [1.807, 2.05) is 38.1 Å². The monoisotopic (exact) mass is 614 g/mol. The normalized spacial score (nSPS) is 22.4. The Morgan fingerprint density at radius 2 is 1.94 bits per heavy atom. The van der Waals surface area contributed by atoms with Crippen LogP contribution in [0.4, 0.5) is 0 Å². The van der Waals surface area contributed by atoms with Crippen LogP contribution in [0.2, 0.25) is 0 Å². The Morgan fingerprint density at radius 1 is 1.22 bits per heavy atom. The molecule has 0 bridgehead atoms. The lowest BCUT2D eigenvalue weighted by molar-refractivity contribution is -0.143. The van der Waals surface area contributed by atoms with Crippen molar-refractivity contribution in [2.24, 2.45) is 5.92 Å². The first kappa shape index (κ1) is 28.9. The Bertz CT molecular complexity index is 902. The van der Waals surface area contributed by atoms with Gasteiger partial charge >= 0.3 is 0 Å². The van der Waals surface area contributed by atoms with E-state index in [2.05, 4.69) is 27.9 Å². The number of carbonyl (C=O) groups excluding carboxylic acids is 2. The highest BCUT2D eigenvalue weighted by molar-refractivity contribution is 14.1. The summed E-state index contributed by atoms with van der Waals surface area (Å²) >= 11 is 2.17. The first-order chi connectivity index (χ1) is 17.3. The fourth-order valence-corrected chi connectivity index (χ4v) is 5.38. The minimum Gasteiger partial charge on any atom is -0.482 e. The summed E-state index contributed by atoms with van der Waals surface area (Å²) < 4.78 is 12.8. The van der Waals surface area contributed by atoms with E-state index in [1.165, 1.54) is 0 Å². The Labute approximate surface area is 227 Å². The standard InChI is InChI=1S/C27H39IN2O6/c1-18(2)35-15-7-13-30(27(34)19-8-3-4-9-19)22-16-20(26(33)29-12-14-31)17-24(25(22)32)36-23-11-6-5-10-21(23)28/h5-6,10-11,17-19,22,24-25,31-32H,3-4,7-9,12-16H2,1-2H3,(H,29,33). The van der Waals surface area contributed by atoms with Gasteiger partial charge in [0.25, 0.3) is 0 Å². The Hall–Kier alpha value is -1.69. The first-order valence-corrected chi connectivity index (χ1v) is 14.0. The van der Waals surface area contributed by atoms with Crippen LogP contribution in [0, 0.1) is 9.49 Å². The molecule has 3 atom stereocenters. The molecule has 0 aromatic heterocycles. The molecule has 1 aromatic rings. The van der Waals surface area contributed by atoms with Gasteiger partial charge < -0.3 is 29.9 Å². The molecule has 0 aliphatic heterocycles. The summed E-state index contributed by atoms with van der Waals surface area (Å²) in [5.74, 6) is 0.253. The number of halogens is 1. The van der Waals surface area contributed by atoms with Gasteiger partial charge in [0, 0.05) is 37.6 Å². The molecule has 1 aromatic carbocycles. The number of aliphatic hydroxyl groups excluding tert-OH is 2. The summed E-state index contributed by atoms with van der Waals surface area (Å²) in [5.41, 5.74) is 0.442. The average molecular weight is 615 g/mol. The molecule has 3 rings (SSSR count). The molecular formula is C27H39IN2O6. The van der Waals surface area contributed by atoms with Crippen molar-refractivity contribution in [3.63, 3.8) is 0 Å². The van der Waals surface area contributed by atoms with Crippen molar-refractivity contribution in [1.29, 1.82) is 0 Å². The van der Waals surface area contributed by atoms with Crippen LogP contribution in [0.15, 0.2) is 35.9 Å². The quantitative estimate of drug-likeness (QED) is 0.247. The zero-order valence-corrected chi connectivity index (χ0v) is 23.4. The molecule has 36 heavy (non-hydrogen) atoms. The van der Waals surface area contributed by atoms with Crippen molar-refractivity contribution in [3.8, 4) is 5.75 Å². The average Bonchev–Trinajstić information content (AvgIpc) is 3.40. The molecule has 2 aliphatic carbocycles. The van der Waals surface area contributed by atoms with Crippen molar-refractivity contribution in [2.45, 2.75) is 76.7 Å². The second-order valence-electron chi connectivity index (χ2n) is 9.73. The van der Waals surface area contributed by atoms with Crippen molar-refractivity contribution in [3.05, 3.63) is 39.5 Å². The molecular weight excluding hydrogens is 575 g/mol. The van der Waals surface area contributed by atoms with Crippen LogP contribution >= 0.6 is 22.6 Å². The third kappa shape index (κ3) is 7.90. The van der Waals surface area contributed by atoms with Crippen LogP contribution in [0.1, 0.15) is 52.4 Å². The maximum absolute atomic E-state index is 13.7. The van der Waals surface area contributed by atoms with Gasteiger partial charge in [-0.2, -0.15) is 0 Å². The second-order valence-corrected chi connectivity index (χ2v) is 10.9. The third-order valence-corrected chi connectivity index (χ3v) is 7.59. The smallest absolute Gasteiger partial charge is 0.247 e. The molecule has 2 amide bonds. The number of aliphatic hydroxyl groups is 2. The summed E-state index contributed by atoms with van der Waals surface area (Å²) in [6, 6.07) is 6.88. The lowest BCUT2D eigenvalue weighted by Crippen LogP contribution is -2.56. The molecule has 3 N–H and O–H groups in total. The number of nitrogens with one attached hydrogen (secondary N) is 1. The van der Waals surface area contributed by atoms with E-state index in [0.717, 1.165) is 29.3 Å². The lowest BCUT2D eigenvalue weighted by Gasteiger charge is -2.41. The Morgan fingerprint density at radius 3 is 2.61 bits per heavy atom. The highest BCUT2D eigenvalue weighted by Gasteiger charge is 2.42. The molecule has 0 radical (unpaired) electrons. The molecule has 3 unspecified atom stereocenters. The summed E-state index contributed by atoms with van der Waals surface area (Å²) in [6.45, 7) is 4.85. The highest BCUT2D eigenvalue weighted by atomic mass is 127. The number of para-hydroxylation sites is 1. The number of amides is 2. The third-order valence-electron chi connectivity index (χ3n) is 6.70. The minimum absolute atomic E-state index is 0.0335. The van der Waals surface area contributed by atoms with Crippen molar-refractivity contribution < 1.29 is 29.3 Å². The molecule has 8 nitrogen and oxygen atoms in total. The van der Waals surface area contributed by atoms with Crippen LogP contribution in [-0.4, -0.2) is 77.6 Å². The molecule has 1 fully saturated rings. The Kier molecular flexibility index (Phi) is 11.5. The summed E-state index contributed by atoms with van der Waals surface area (Å²) in [4.78, 5) is 28.3. The SMILES string of the molecule is CC(C)OCCCN(C(=O)C1CCCC1)C1CC(C(=O)NCCO)=CC(Oc2ccccc2I)C1O. The maximum atomic E-state index is 13.7. The van der Waals surface area contributed by atoms with Crippen molar-refractivity contribution in [2.75, 3.05) is 26.3 Å². The van der Waals surface area contributed by atoms with Gasteiger partial charge in [-0.1, -0.05) is 25.0 Å². The van der Waals surface area contributed by atoms with Crippen molar-refractivity contribution >= 4 is 34.4 Å². The van der Waals surface area contributed by atoms with E-state index in [-0.39, 0.29) is 43.4 Å². The number of hydrogen-bond acceptors (Lipinski definition) is 6. The number of hydrogen-bond donors (Lipinski definition) is 3. The number of carbonyl (C=O) groups is 2. The van der Waals surface area contributed by atoms with Crippen LogP contribution in [0.25, 0.3) is 0 Å². The number of ether oxygens (including phenoxy) is 2. The van der Waals surface area contributed by atoms with E-state index in [9.17, 15) is 14.7 Å². The van der Waals surface area contributed by atoms with Gasteiger partial charge in [-0.25, -0.2) is 0 Å². The maximum Gasteiger partial charge on any atom is 0.247 e. The van der Waals surface area contributed by atoms with E-state index < -0.39 is 18.2 Å². The fourth-order valence-electron chi connectivity index (χ4n) is 4.87. The summed E-state index contributed by atoms with van der Waals surface area (Å²) in [7, 11) is 0. The number of benzene rings is 1. The molecule has 1 saturated carbocycles. The van der Waals surface area contributed by atoms with Crippen molar-refractivity contribution in [1.82, 2.24) is 10.2 Å².